The minimum Gasteiger partial charge on any atom is -0.488 e. The highest BCUT2D eigenvalue weighted by Crippen LogP contribution is 2.32. The van der Waals surface area contributed by atoms with Gasteiger partial charge in [0.2, 0.25) is 10.0 Å². The quantitative estimate of drug-likeness (QED) is 0.384. The number of benzene rings is 3. The van der Waals surface area contributed by atoms with Crippen LogP contribution in [0.25, 0.3) is 0 Å². The molecule has 1 aliphatic heterocycles. The number of nitrogens with zero attached hydrogens (tertiary/aromatic N) is 2. The Labute approximate surface area is 241 Å². The second-order valence-electron chi connectivity index (χ2n) is 10.4. The van der Waals surface area contributed by atoms with Gasteiger partial charge in [-0.2, -0.15) is 4.31 Å². The summed E-state index contributed by atoms with van der Waals surface area (Å²) in [5.74, 6) is -0.563. The number of likely N-dealkylation sites (N-methyl/N-ethyl adjacent to an activating group) is 1. The van der Waals surface area contributed by atoms with Crippen LogP contribution in [-0.4, -0.2) is 75.9 Å². The fourth-order valence-corrected chi connectivity index (χ4v) is 6.81. The number of rotatable bonds is 9. The lowest BCUT2D eigenvalue weighted by atomic mass is 9.99. The third-order valence-corrected chi connectivity index (χ3v) is 10.4. The monoisotopic (exact) mass is 601 g/mol. The Bertz CT molecular complexity index is 1600. The van der Waals surface area contributed by atoms with Crippen LogP contribution in [-0.2, 0) is 20.0 Å². The van der Waals surface area contributed by atoms with Gasteiger partial charge in [0.1, 0.15) is 11.9 Å². The lowest BCUT2D eigenvalue weighted by Gasteiger charge is -2.38. The summed E-state index contributed by atoms with van der Waals surface area (Å²) >= 11 is 0. The van der Waals surface area contributed by atoms with Crippen molar-refractivity contribution in [2.45, 2.75) is 42.7 Å². The van der Waals surface area contributed by atoms with E-state index >= 15 is 0 Å². The summed E-state index contributed by atoms with van der Waals surface area (Å²) < 4.78 is 62.4. The molecule has 0 aromatic heterocycles. The average Bonchev–Trinajstić information content (AvgIpc) is 2.95. The third kappa shape index (κ3) is 6.72. The maximum atomic E-state index is 13.7. The van der Waals surface area contributed by atoms with Crippen molar-refractivity contribution in [2.24, 2.45) is 5.92 Å². The molecule has 0 saturated carbocycles. The van der Waals surface area contributed by atoms with Crippen LogP contribution in [0.3, 0.4) is 0 Å². The van der Waals surface area contributed by atoms with Gasteiger partial charge >= 0.3 is 0 Å². The summed E-state index contributed by atoms with van der Waals surface area (Å²) in [5.41, 5.74) is 1.19. The number of carbonyl (C=O) groups excluding carboxylic acids is 1. The molecule has 0 fully saturated rings. The molecule has 2 N–H and O–H groups in total. The Hall–Kier alpha value is -3.45. The Morgan fingerprint density at radius 1 is 1.02 bits per heavy atom. The van der Waals surface area contributed by atoms with Crippen LogP contribution in [0.5, 0.6) is 5.75 Å². The molecule has 3 atom stereocenters. The van der Waals surface area contributed by atoms with Crippen LogP contribution >= 0.6 is 0 Å². The second-order valence-corrected chi connectivity index (χ2v) is 14.1. The van der Waals surface area contributed by atoms with Crippen LogP contribution in [0, 0.1) is 12.8 Å². The minimum absolute atomic E-state index is 0.00522. The first-order valence-corrected chi connectivity index (χ1v) is 16.1. The summed E-state index contributed by atoms with van der Waals surface area (Å²) in [4.78, 5) is 15.4. The summed E-state index contributed by atoms with van der Waals surface area (Å²) in [7, 11) is -6.26. The van der Waals surface area contributed by atoms with E-state index in [4.69, 9.17) is 4.74 Å². The molecule has 0 unspecified atom stereocenters. The average molecular weight is 602 g/mol. The lowest BCUT2D eigenvalue weighted by molar-refractivity contribution is 0.0387. The number of sulfonamides is 2. The van der Waals surface area contributed by atoms with Crippen LogP contribution in [0.4, 0.5) is 5.69 Å². The van der Waals surface area contributed by atoms with Crippen molar-refractivity contribution in [1.82, 2.24) is 9.21 Å². The molecule has 0 spiro atoms. The van der Waals surface area contributed by atoms with Gasteiger partial charge in [0.05, 0.1) is 34.5 Å². The van der Waals surface area contributed by atoms with E-state index in [1.165, 1.54) is 46.6 Å². The first kappa shape index (κ1) is 30.5. The molecular weight excluding hydrogens is 566 g/mol. The topological polar surface area (TPSA) is 133 Å². The van der Waals surface area contributed by atoms with Gasteiger partial charge in [-0.15, -0.1) is 0 Å². The maximum Gasteiger partial charge on any atom is 0.261 e. The molecule has 1 amide bonds. The molecule has 0 aliphatic carbocycles. The molecule has 1 heterocycles. The number of fused-ring (bicyclic) bond motifs is 1. The lowest BCUT2D eigenvalue weighted by Crippen LogP contribution is -2.50. The van der Waals surface area contributed by atoms with Gasteiger partial charge in [0.15, 0.2) is 0 Å². The Balaban J connectivity index is 1.68. The number of anilines is 1. The van der Waals surface area contributed by atoms with E-state index in [-0.39, 0.29) is 52.4 Å². The van der Waals surface area contributed by atoms with Gasteiger partial charge in [0.25, 0.3) is 15.9 Å². The number of aryl methyl sites for hydroxylation is 1. The maximum absolute atomic E-state index is 13.7. The summed E-state index contributed by atoms with van der Waals surface area (Å²) in [6, 6.07) is 18.3. The Morgan fingerprint density at radius 2 is 1.68 bits per heavy atom. The zero-order chi connectivity index (χ0) is 29.9. The van der Waals surface area contributed by atoms with Crippen molar-refractivity contribution in [1.29, 1.82) is 0 Å². The molecule has 3 aromatic carbocycles. The molecular formula is C29H35N3O7S2. The molecule has 10 nitrogen and oxygen atoms in total. The molecule has 0 bridgehead atoms. The van der Waals surface area contributed by atoms with Crippen molar-refractivity contribution < 1.29 is 31.5 Å². The van der Waals surface area contributed by atoms with Gasteiger partial charge in [-0.1, -0.05) is 42.8 Å². The minimum atomic E-state index is -3.92. The summed E-state index contributed by atoms with van der Waals surface area (Å²) in [6.07, 6.45) is -0.660. The summed E-state index contributed by atoms with van der Waals surface area (Å²) in [6.45, 7) is 5.33. The van der Waals surface area contributed by atoms with E-state index in [0.717, 1.165) is 5.56 Å². The number of ether oxygens (including phenoxy) is 1. The van der Waals surface area contributed by atoms with Crippen LogP contribution in [0.1, 0.15) is 29.8 Å². The highest BCUT2D eigenvalue weighted by atomic mass is 32.2. The smallest absolute Gasteiger partial charge is 0.261 e. The van der Waals surface area contributed by atoms with Crippen molar-refractivity contribution in [2.75, 3.05) is 31.5 Å². The molecule has 0 radical (unpaired) electrons. The molecule has 3 aromatic rings. The van der Waals surface area contributed by atoms with E-state index < -0.39 is 38.1 Å². The fourth-order valence-electron chi connectivity index (χ4n) is 4.56. The Morgan fingerprint density at radius 3 is 2.32 bits per heavy atom. The summed E-state index contributed by atoms with van der Waals surface area (Å²) in [5, 5.41) is 9.89. The molecule has 12 heteroatoms. The predicted molar refractivity (Wildman–Crippen MR) is 156 cm³/mol. The number of aliphatic hydroxyl groups excluding tert-OH is 1. The number of amides is 1. The van der Waals surface area contributed by atoms with E-state index in [1.807, 2.05) is 13.8 Å². The van der Waals surface area contributed by atoms with Crippen molar-refractivity contribution >= 4 is 31.6 Å². The molecule has 4 rings (SSSR count). The van der Waals surface area contributed by atoms with E-state index in [1.54, 1.807) is 49.4 Å². The number of hydrogen-bond donors (Lipinski definition) is 2. The van der Waals surface area contributed by atoms with Gasteiger partial charge in [-0.3, -0.25) is 9.52 Å². The molecule has 220 valence electrons. The zero-order valence-electron chi connectivity index (χ0n) is 23.4. The number of carbonyl (C=O) groups is 1. The first-order chi connectivity index (χ1) is 19.3. The van der Waals surface area contributed by atoms with E-state index in [2.05, 4.69) is 4.72 Å². The van der Waals surface area contributed by atoms with Crippen LogP contribution in [0.15, 0.2) is 82.6 Å². The molecule has 41 heavy (non-hydrogen) atoms. The van der Waals surface area contributed by atoms with Gasteiger partial charge in [-0.25, -0.2) is 16.8 Å². The van der Waals surface area contributed by atoms with Crippen molar-refractivity contribution in [3.05, 3.63) is 83.9 Å². The number of aliphatic hydroxyl groups is 1. The van der Waals surface area contributed by atoms with Gasteiger partial charge in [-0.05, 0) is 56.3 Å². The van der Waals surface area contributed by atoms with Crippen LogP contribution < -0.4 is 9.46 Å². The van der Waals surface area contributed by atoms with Gasteiger partial charge in [0, 0.05) is 25.2 Å². The van der Waals surface area contributed by atoms with Crippen molar-refractivity contribution in [3.8, 4) is 5.75 Å². The molecule has 0 saturated heterocycles. The highest BCUT2D eigenvalue weighted by molar-refractivity contribution is 7.92. The van der Waals surface area contributed by atoms with E-state index in [9.17, 15) is 26.7 Å². The fraction of sp³-hybridized carbons (Fsp3) is 0.345. The largest absolute Gasteiger partial charge is 0.488 e. The first-order valence-electron chi connectivity index (χ1n) is 13.2. The number of nitrogens with one attached hydrogen (secondary N) is 1. The molecule has 1 aliphatic rings. The van der Waals surface area contributed by atoms with Gasteiger partial charge < -0.3 is 14.7 Å². The second kappa shape index (κ2) is 12.2. The standard InChI is InChI=1S/C29H35N3O7S2/c1-20-10-13-25(14-11-20)41(37,38)31(4)18-28-21(2)17-32(22(3)19-33)29(34)26-16-23(12-15-27(26)39-28)30-40(35,36)24-8-6-5-7-9-24/h5-16,21-22,28,30,33H,17-19H2,1-4H3/t21-,22+,28-/m0/s1. The van der Waals surface area contributed by atoms with Crippen LogP contribution in [0.2, 0.25) is 0 Å². The normalized spacial score (nSPS) is 18.7. The number of hydrogen-bond acceptors (Lipinski definition) is 7. The van der Waals surface area contributed by atoms with Crippen molar-refractivity contribution in [3.63, 3.8) is 0 Å². The zero-order valence-corrected chi connectivity index (χ0v) is 25.0. The van der Waals surface area contributed by atoms with E-state index in [0.29, 0.717) is 0 Å². The SMILES string of the molecule is Cc1ccc(S(=O)(=O)N(C)C[C@@H]2Oc3ccc(NS(=O)(=O)c4ccccc4)cc3C(=O)N([C@H](C)CO)C[C@@H]2C)cc1. The third-order valence-electron chi connectivity index (χ3n) is 7.14. The highest BCUT2D eigenvalue weighted by Gasteiger charge is 2.35. The Kier molecular flexibility index (Phi) is 9.07. The predicted octanol–water partition coefficient (Wildman–Crippen LogP) is 3.34.